The van der Waals surface area contributed by atoms with Gasteiger partial charge in [-0.2, -0.15) is 0 Å². The van der Waals surface area contributed by atoms with Gasteiger partial charge in [-0.3, -0.25) is 24.0 Å². The minimum atomic E-state index is -1.45. The van der Waals surface area contributed by atoms with Gasteiger partial charge in [-0.05, 0) is 25.2 Å². The predicted molar refractivity (Wildman–Crippen MR) is 97.0 cm³/mol. The molecule has 28 heavy (non-hydrogen) atoms. The summed E-state index contributed by atoms with van der Waals surface area (Å²) in [5, 5.41) is 21.9. The Morgan fingerprint density at radius 1 is 1.14 bits per heavy atom. The lowest BCUT2D eigenvalue weighted by Gasteiger charge is -2.28. The zero-order valence-corrected chi connectivity index (χ0v) is 16.0. The number of nitrogens with one attached hydrogen (secondary N) is 2. The quantitative estimate of drug-likeness (QED) is 0.294. The molecule has 1 heterocycles. The third-order valence-electron chi connectivity index (χ3n) is 4.31. The summed E-state index contributed by atoms with van der Waals surface area (Å²) < 4.78 is 0. The van der Waals surface area contributed by atoms with Gasteiger partial charge in [-0.25, -0.2) is 0 Å². The number of amides is 3. The van der Waals surface area contributed by atoms with Crippen LogP contribution in [0.15, 0.2) is 0 Å². The molecule has 1 aliphatic heterocycles. The number of carboxylic acid groups (broad SMARTS) is 2. The van der Waals surface area contributed by atoms with Crippen LogP contribution in [0.3, 0.4) is 0 Å². The molecule has 0 bridgehead atoms. The van der Waals surface area contributed by atoms with Crippen LogP contribution < -0.4 is 16.4 Å². The summed E-state index contributed by atoms with van der Waals surface area (Å²) in [6, 6.07) is -3.05. The Labute approximate surface area is 162 Å². The molecule has 0 aliphatic carbocycles. The van der Waals surface area contributed by atoms with Crippen molar-refractivity contribution in [3.8, 4) is 0 Å². The van der Waals surface area contributed by atoms with E-state index in [1.165, 1.54) is 4.90 Å². The molecular weight excluding hydrogens is 372 g/mol. The highest BCUT2D eigenvalue weighted by molar-refractivity contribution is 5.95. The minimum absolute atomic E-state index is 0.201. The highest BCUT2D eigenvalue weighted by atomic mass is 16.4. The van der Waals surface area contributed by atoms with E-state index in [0.29, 0.717) is 25.8 Å². The van der Waals surface area contributed by atoms with Gasteiger partial charge in [0.05, 0.1) is 12.5 Å². The topological polar surface area (TPSA) is 179 Å². The predicted octanol–water partition coefficient (Wildman–Crippen LogP) is -1.49. The molecule has 158 valence electrons. The van der Waals surface area contributed by atoms with Crippen LogP contribution in [-0.4, -0.2) is 76.0 Å². The van der Waals surface area contributed by atoms with Crippen molar-refractivity contribution in [2.75, 3.05) is 13.1 Å². The fourth-order valence-corrected chi connectivity index (χ4v) is 3.06. The first-order valence-corrected chi connectivity index (χ1v) is 9.10. The van der Waals surface area contributed by atoms with E-state index in [-0.39, 0.29) is 11.8 Å². The molecule has 6 N–H and O–H groups in total. The second-order valence-corrected chi connectivity index (χ2v) is 7.20. The molecule has 0 aromatic rings. The van der Waals surface area contributed by atoms with Crippen LogP contribution in [0.1, 0.15) is 39.5 Å². The van der Waals surface area contributed by atoms with Gasteiger partial charge < -0.3 is 31.5 Å². The van der Waals surface area contributed by atoms with Crippen LogP contribution in [0.4, 0.5) is 0 Å². The Hall–Kier alpha value is -2.69. The molecule has 11 nitrogen and oxygen atoms in total. The van der Waals surface area contributed by atoms with Crippen LogP contribution in [0.25, 0.3) is 0 Å². The van der Waals surface area contributed by atoms with Crippen LogP contribution in [0.2, 0.25) is 0 Å². The van der Waals surface area contributed by atoms with Crippen molar-refractivity contribution in [2.24, 2.45) is 11.7 Å². The summed E-state index contributed by atoms with van der Waals surface area (Å²) >= 11 is 0. The molecule has 3 unspecified atom stereocenters. The average Bonchev–Trinajstić information content (AvgIpc) is 3.06. The monoisotopic (exact) mass is 400 g/mol. The maximum Gasteiger partial charge on any atom is 0.322 e. The van der Waals surface area contributed by atoms with Crippen LogP contribution >= 0.6 is 0 Å². The van der Waals surface area contributed by atoms with E-state index in [4.69, 9.17) is 15.9 Å². The normalized spacial score (nSPS) is 18.4. The summed E-state index contributed by atoms with van der Waals surface area (Å²) in [5.41, 5.74) is 5.92. The molecule has 3 amide bonds. The zero-order chi connectivity index (χ0) is 21.4. The Morgan fingerprint density at radius 2 is 1.79 bits per heavy atom. The molecule has 0 radical (unpaired) electrons. The number of rotatable bonds is 10. The van der Waals surface area contributed by atoms with E-state index < -0.39 is 54.8 Å². The first kappa shape index (κ1) is 23.3. The van der Waals surface area contributed by atoms with Crippen molar-refractivity contribution in [1.29, 1.82) is 0 Å². The van der Waals surface area contributed by atoms with E-state index in [2.05, 4.69) is 5.32 Å². The lowest BCUT2D eigenvalue weighted by Crippen LogP contribution is -2.56. The first-order valence-electron chi connectivity index (χ1n) is 9.10. The fraction of sp³-hybridized carbons (Fsp3) is 0.706. The number of hydrogen-bond acceptors (Lipinski definition) is 6. The Bertz CT molecular complexity index is 623. The van der Waals surface area contributed by atoms with E-state index in [1.54, 1.807) is 0 Å². The summed E-state index contributed by atoms with van der Waals surface area (Å²) in [5.74, 6) is -4.40. The molecule has 11 heteroatoms. The molecule has 1 rings (SSSR count). The largest absolute Gasteiger partial charge is 0.481 e. The number of hydrogen-bond donors (Lipinski definition) is 5. The molecule has 1 fully saturated rings. The highest BCUT2D eigenvalue weighted by Gasteiger charge is 2.38. The summed E-state index contributed by atoms with van der Waals surface area (Å²) in [4.78, 5) is 60.1. The highest BCUT2D eigenvalue weighted by Crippen LogP contribution is 2.20. The lowest BCUT2D eigenvalue weighted by molar-refractivity contribution is -0.143. The van der Waals surface area contributed by atoms with Gasteiger partial charge in [0.15, 0.2) is 0 Å². The van der Waals surface area contributed by atoms with E-state index in [1.807, 2.05) is 19.2 Å². The molecule has 1 saturated heterocycles. The smallest absolute Gasteiger partial charge is 0.322 e. The number of nitrogens with zero attached hydrogens (tertiary/aromatic N) is 1. The van der Waals surface area contributed by atoms with Crippen LogP contribution in [-0.2, 0) is 24.0 Å². The molecule has 0 saturated carbocycles. The van der Waals surface area contributed by atoms with E-state index in [9.17, 15) is 24.0 Å². The third-order valence-corrected chi connectivity index (χ3v) is 4.31. The lowest BCUT2D eigenvalue weighted by atomic mass is 10.0. The van der Waals surface area contributed by atoms with E-state index >= 15 is 0 Å². The maximum absolute atomic E-state index is 12.6. The number of carbonyl (C=O) groups is 5. The Balaban J connectivity index is 2.81. The van der Waals surface area contributed by atoms with Gasteiger partial charge in [0, 0.05) is 6.54 Å². The molecule has 1 aliphatic rings. The van der Waals surface area contributed by atoms with E-state index in [0.717, 1.165) is 0 Å². The summed E-state index contributed by atoms with van der Waals surface area (Å²) in [6.45, 7) is 3.49. The van der Waals surface area contributed by atoms with Crippen molar-refractivity contribution in [1.82, 2.24) is 15.5 Å². The fourth-order valence-electron chi connectivity index (χ4n) is 3.06. The number of carboxylic acids is 2. The Morgan fingerprint density at radius 3 is 2.32 bits per heavy atom. The van der Waals surface area contributed by atoms with Crippen molar-refractivity contribution in [2.45, 2.75) is 57.7 Å². The van der Waals surface area contributed by atoms with Crippen molar-refractivity contribution < 1.29 is 34.2 Å². The molecular formula is C17H28N4O7. The van der Waals surface area contributed by atoms with Crippen molar-refractivity contribution >= 4 is 29.7 Å². The first-order chi connectivity index (χ1) is 13.0. The number of aliphatic carboxylic acids is 2. The summed E-state index contributed by atoms with van der Waals surface area (Å²) in [6.07, 6.45) is 0.684. The number of nitrogens with two attached hydrogens (primary N) is 1. The molecule has 3 atom stereocenters. The van der Waals surface area contributed by atoms with Gasteiger partial charge in [0.2, 0.25) is 17.7 Å². The van der Waals surface area contributed by atoms with Gasteiger partial charge >= 0.3 is 11.9 Å². The zero-order valence-electron chi connectivity index (χ0n) is 16.0. The number of carbonyl (C=O) groups excluding carboxylic acids is 3. The van der Waals surface area contributed by atoms with Gasteiger partial charge in [-0.15, -0.1) is 0 Å². The van der Waals surface area contributed by atoms with Gasteiger partial charge in [0.1, 0.15) is 18.6 Å². The number of likely N-dealkylation sites (tertiary alicyclic amines) is 1. The standard InChI is InChI=1S/C17H28N4O7/c1-9(2)6-10(18)17(28)21-5-3-4-12(21)16(27)20-11(7-13(22)23)15(26)19-8-14(24)25/h9-12H,3-8,18H2,1-2H3,(H,19,26)(H,20,27)(H,22,23)(H,24,25). The third kappa shape index (κ3) is 7.14. The van der Waals surface area contributed by atoms with Gasteiger partial charge in [0.25, 0.3) is 0 Å². The minimum Gasteiger partial charge on any atom is -0.481 e. The van der Waals surface area contributed by atoms with Gasteiger partial charge in [-0.1, -0.05) is 13.8 Å². The summed E-state index contributed by atoms with van der Waals surface area (Å²) in [7, 11) is 0. The average molecular weight is 400 g/mol. The molecule has 0 aromatic carbocycles. The van der Waals surface area contributed by atoms with Crippen LogP contribution in [0.5, 0.6) is 0 Å². The Kier molecular flexibility index (Phi) is 8.83. The second kappa shape index (κ2) is 10.6. The van der Waals surface area contributed by atoms with Crippen molar-refractivity contribution in [3.05, 3.63) is 0 Å². The molecule has 0 spiro atoms. The SMILES string of the molecule is CC(C)CC(N)C(=O)N1CCCC1C(=O)NC(CC(=O)O)C(=O)NCC(=O)O. The molecule has 0 aromatic heterocycles. The van der Waals surface area contributed by atoms with Crippen LogP contribution in [0, 0.1) is 5.92 Å². The second-order valence-electron chi connectivity index (χ2n) is 7.20. The van der Waals surface area contributed by atoms with Crippen molar-refractivity contribution in [3.63, 3.8) is 0 Å². The maximum atomic E-state index is 12.6.